The van der Waals surface area contributed by atoms with E-state index in [4.69, 9.17) is 0 Å². The van der Waals surface area contributed by atoms with E-state index in [1.165, 1.54) is 16.9 Å². The second kappa shape index (κ2) is 3.87. The van der Waals surface area contributed by atoms with Crippen LogP contribution >= 0.6 is 27.3 Å². The number of thiazole rings is 1. The molecule has 1 aromatic heterocycles. The zero-order chi connectivity index (χ0) is 10.1. The number of benzene rings is 1. The maximum atomic E-state index is 11.2. The van der Waals surface area contributed by atoms with Gasteiger partial charge in [-0.15, -0.1) is 0 Å². The van der Waals surface area contributed by atoms with Gasteiger partial charge in [-0.1, -0.05) is 24.7 Å². The van der Waals surface area contributed by atoms with Crippen LogP contribution in [0.5, 0.6) is 0 Å². The second-order valence-electron chi connectivity index (χ2n) is 3.22. The monoisotopic (exact) mass is 271 g/mol. The molecule has 14 heavy (non-hydrogen) atoms. The number of H-pyrrole nitrogens is 1. The standard InChI is InChI=1S/C10H10BrNOS/c1-2-3-6-4-7(11)9-8(5-6)14-10(13)12-9/h4-5H,2-3H2,1H3,(H,12,13). The summed E-state index contributed by atoms with van der Waals surface area (Å²) in [7, 11) is 0. The number of aromatic amines is 1. The largest absolute Gasteiger partial charge is 0.311 e. The quantitative estimate of drug-likeness (QED) is 0.893. The van der Waals surface area contributed by atoms with Gasteiger partial charge in [0.1, 0.15) is 0 Å². The number of nitrogens with one attached hydrogen (secondary N) is 1. The van der Waals surface area contributed by atoms with E-state index in [-0.39, 0.29) is 4.87 Å². The first-order valence-corrected chi connectivity index (χ1v) is 6.13. The van der Waals surface area contributed by atoms with E-state index in [1.54, 1.807) is 0 Å². The number of rotatable bonds is 2. The third-order valence-electron chi connectivity index (χ3n) is 2.08. The van der Waals surface area contributed by atoms with Crippen molar-refractivity contribution in [3.8, 4) is 0 Å². The normalized spacial score (nSPS) is 11.0. The van der Waals surface area contributed by atoms with Crippen molar-refractivity contribution in [2.45, 2.75) is 19.8 Å². The van der Waals surface area contributed by atoms with Gasteiger partial charge in [-0.3, -0.25) is 4.79 Å². The van der Waals surface area contributed by atoms with Gasteiger partial charge >= 0.3 is 4.87 Å². The van der Waals surface area contributed by atoms with Crippen LogP contribution in [-0.4, -0.2) is 4.98 Å². The third-order valence-corrected chi connectivity index (χ3v) is 3.54. The molecule has 2 rings (SSSR count). The fourth-order valence-corrected chi connectivity index (χ4v) is 3.06. The molecule has 0 atom stereocenters. The summed E-state index contributed by atoms with van der Waals surface area (Å²) in [6, 6.07) is 4.17. The third kappa shape index (κ3) is 1.77. The highest BCUT2D eigenvalue weighted by Crippen LogP contribution is 2.26. The summed E-state index contributed by atoms with van der Waals surface area (Å²) >= 11 is 4.73. The Bertz CT molecular complexity index is 514. The molecule has 0 aliphatic rings. The summed E-state index contributed by atoms with van der Waals surface area (Å²) in [5.74, 6) is 0. The van der Waals surface area contributed by atoms with Gasteiger partial charge in [-0.05, 0) is 40.0 Å². The van der Waals surface area contributed by atoms with Gasteiger partial charge < -0.3 is 4.98 Å². The van der Waals surface area contributed by atoms with E-state index >= 15 is 0 Å². The van der Waals surface area contributed by atoms with Gasteiger partial charge in [0.25, 0.3) is 0 Å². The van der Waals surface area contributed by atoms with Gasteiger partial charge in [-0.25, -0.2) is 0 Å². The van der Waals surface area contributed by atoms with Crippen LogP contribution in [0.15, 0.2) is 21.4 Å². The molecule has 0 aliphatic heterocycles. The summed E-state index contributed by atoms with van der Waals surface area (Å²) in [6.45, 7) is 2.15. The van der Waals surface area contributed by atoms with E-state index in [1.807, 2.05) is 0 Å². The molecular weight excluding hydrogens is 262 g/mol. The minimum atomic E-state index is 0.00866. The Labute approximate surface area is 94.1 Å². The van der Waals surface area contributed by atoms with E-state index in [0.29, 0.717) is 0 Å². The Hall–Kier alpha value is -0.610. The maximum Gasteiger partial charge on any atom is 0.305 e. The zero-order valence-electron chi connectivity index (χ0n) is 7.76. The average molecular weight is 272 g/mol. The Morgan fingerprint density at radius 3 is 3.00 bits per heavy atom. The lowest BCUT2D eigenvalue weighted by atomic mass is 10.1. The van der Waals surface area contributed by atoms with Crippen molar-refractivity contribution in [1.29, 1.82) is 0 Å². The van der Waals surface area contributed by atoms with Crippen molar-refractivity contribution in [3.05, 3.63) is 31.8 Å². The van der Waals surface area contributed by atoms with Crippen molar-refractivity contribution >= 4 is 37.5 Å². The summed E-state index contributed by atoms with van der Waals surface area (Å²) in [4.78, 5) is 14.0. The van der Waals surface area contributed by atoms with Crippen LogP contribution in [0.25, 0.3) is 10.2 Å². The summed E-state index contributed by atoms with van der Waals surface area (Å²) in [5.41, 5.74) is 2.20. The molecule has 4 heteroatoms. The molecule has 0 fully saturated rings. The molecule has 0 saturated heterocycles. The average Bonchev–Trinajstić information content (AvgIpc) is 2.47. The SMILES string of the molecule is CCCc1cc(Br)c2[nH]c(=O)sc2c1. The maximum absolute atomic E-state index is 11.2. The van der Waals surface area contributed by atoms with E-state index < -0.39 is 0 Å². The molecule has 74 valence electrons. The Morgan fingerprint density at radius 1 is 1.50 bits per heavy atom. The first kappa shape index (κ1) is 9.93. The van der Waals surface area contributed by atoms with Crippen LogP contribution < -0.4 is 4.87 Å². The lowest BCUT2D eigenvalue weighted by Crippen LogP contribution is -1.90. The molecule has 0 bridgehead atoms. The molecule has 0 aliphatic carbocycles. The summed E-state index contributed by atoms with van der Waals surface area (Å²) in [5, 5.41) is 0. The predicted molar refractivity (Wildman–Crippen MR) is 64.1 cm³/mol. The minimum absolute atomic E-state index is 0.00866. The lowest BCUT2D eigenvalue weighted by molar-refractivity contribution is 0.923. The number of halogens is 1. The van der Waals surface area contributed by atoms with Crippen molar-refractivity contribution in [2.75, 3.05) is 0 Å². The number of hydrogen-bond acceptors (Lipinski definition) is 2. The van der Waals surface area contributed by atoms with Crippen molar-refractivity contribution in [2.24, 2.45) is 0 Å². The van der Waals surface area contributed by atoms with Crippen molar-refractivity contribution in [3.63, 3.8) is 0 Å². The highest BCUT2D eigenvalue weighted by atomic mass is 79.9. The number of aromatic nitrogens is 1. The Morgan fingerprint density at radius 2 is 2.29 bits per heavy atom. The highest BCUT2D eigenvalue weighted by Gasteiger charge is 2.05. The van der Waals surface area contributed by atoms with Crippen LogP contribution in [0, 0.1) is 0 Å². The molecule has 0 saturated carbocycles. The van der Waals surface area contributed by atoms with Crippen molar-refractivity contribution in [1.82, 2.24) is 4.98 Å². The first-order chi connectivity index (χ1) is 6.70. The fraction of sp³-hybridized carbons (Fsp3) is 0.300. The molecule has 1 aromatic carbocycles. The first-order valence-electron chi connectivity index (χ1n) is 4.52. The number of hydrogen-bond donors (Lipinski definition) is 1. The molecule has 2 aromatic rings. The van der Waals surface area contributed by atoms with Gasteiger partial charge in [0, 0.05) is 4.47 Å². The van der Waals surface area contributed by atoms with E-state index in [2.05, 4.69) is 40.0 Å². The van der Waals surface area contributed by atoms with E-state index in [9.17, 15) is 4.79 Å². The molecule has 0 unspecified atom stereocenters. The minimum Gasteiger partial charge on any atom is -0.311 e. The Balaban J connectivity index is 2.65. The predicted octanol–water partition coefficient (Wildman–Crippen LogP) is 3.30. The zero-order valence-corrected chi connectivity index (χ0v) is 10.2. The van der Waals surface area contributed by atoms with Crippen molar-refractivity contribution < 1.29 is 0 Å². The molecule has 1 heterocycles. The van der Waals surface area contributed by atoms with Crippen LogP contribution in [0.2, 0.25) is 0 Å². The van der Waals surface area contributed by atoms with E-state index in [0.717, 1.165) is 27.5 Å². The van der Waals surface area contributed by atoms with Gasteiger partial charge in [0.05, 0.1) is 10.2 Å². The lowest BCUT2D eigenvalue weighted by Gasteiger charge is -2.00. The van der Waals surface area contributed by atoms with Crippen LogP contribution in [0.4, 0.5) is 0 Å². The van der Waals surface area contributed by atoms with Crippen LogP contribution in [-0.2, 0) is 6.42 Å². The highest BCUT2D eigenvalue weighted by molar-refractivity contribution is 9.10. The van der Waals surface area contributed by atoms with Crippen LogP contribution in [0.1, 0.15) is 18.9 Å². The Kier molecular flexibility index (Phi) is 2.74. The molecule has 0 radical (unpaired) electrons. The second-order valence-corrected chi connectivity index (χ2v) is 5.08. The van der Waals surface area contributed by atoms with Gasteiger partial charge in [0.15, 0.2) is 0 Å². The smallest absolute Gasteiger partial charge is 0.305 e. The van der Waals surface area contributed by atoms with Gasteiger partial charge in [0.2, 0.25) is 0 Å². The molecule has 1 N–H and O–H groups in total. The molecule has 0 spiro atoms. The topological polar surface area (TPSA) is 32.9 Å². The summed E-state index contributed by atoms with van der Waals surface area (Å²) in [6.07, 6.45) is 2.18. The van der Waals surface area contributed by atoms with Gasteiger partial charge in [-0.2, -0.15) is 0 Å². The summed E-state index contributed by atoms with van der Waals surface area (Å²) < 4.78 is 2.02. The molecule has 0 amide bonds. The number of fused-ring (bicyclic) bond motifs is 1. The number of aryl methyl sites for hydroxylation is 1. The molecular formula is C10H10BrNOS. The fourth-order valence-electron chi connectivity index (χ4n) is 1.50. The molecule has 2 nitrogen and oxygen atoms in total. The van der Waals surface area contributed by atoms with Crippen LogP contribution in [0.3, 0.4) is 0 Å².